The van der Waals surface area contributed by atoms with E-state index in [0.717, 1.165) is 14.2 Å². The highest BCUT2D eigenvalue weighted by Crippen LogP contribution is 2.05. The van der Waals surface area contributed by atoms with Gasteiger partial charge in [-0.3, -0.25) is 9.59 Å². The maximum absolute atomic E-state index is 11.5. The number of halogens is 1. The lowest BCUT2D eigenvalue weighted by Gasteiger charge is -2.17. The Bertz CT molecular complexity index is 336. The normalized spacial score (nSPS) is 11.2. The van der Waals surface area contributed by atoms with Crippen LogP contribution in [0.4, 0.5) is 0 Å². The first kappa shape index (κ1) is 15.3. The lowest BCUT2D eigenvalue weighted by atomic mass is 10.6. The molecule has 0 amide bonds. The van der Waals surface area contributed by atoms with Crippen molar-refractivity contribution >= 4 is 37.9 Å². The molecule has 9 heteroatoms. The molecule has 0 spiro atoms. The van der Waals surface area contributed by atoms with Crippen LogP contribution in [0, 0.1) is 0 Å². The number of carbonyl (C=O) groups excluding carboxylic acids is 2. The minimum absolute atomic E-state index is 0.395. The molecule has 0 saturated heterocycles. The van der Waals surface area contributed by atoms with Crippen molar-refractivity contribution in [3.63, 3.8) is 0 Å². The standard InChI is InChI=1S/C7H12BrNO6S/c1-14-6(10)3-9(4-7(11)15-2)16(12,13)5-8/h3-5H2,1-2H3. The van der Waals surface area contributed by atoms with Gasteiger partial charge in [0.05, 0.1) is 14.2 Å². The second-order valence-corrected chi connectivity index (χ2v) is 5.91. The smallest absolute Gasteiger partial charge is 0.321 e. The fourth-order valence-electron chi connectivity index (χ4n) is 0.739. The number of ether oxygens (including phenoxy) is 2. The summed E-state index contributed by atoms with van der Waals surface area (Å²) in [5.74, 6) is -1.51. The van der Waals surface area contributed by atoms with Crippen LogP contribution in [0.15, 0.2) is 0 Å². The summed E-state index contributed by atoms with van der Waals surface area (Å²) >= 11 is 2.76. The Hall–Kier alpha value is -0.670. The SMILES string of the molecule is COC(=O)CN(CC(=O)OC)S(=O)(=O)CBr. The number of nitrogens with zero attached hydrogens (tertiary/aromatic N) is 1. The van der Waals surface area contributed by atoms with Crippen molar-refractivity contribution in [3.8, 4) is 0 Å². The fourth-order valence-corrected chi connectivity index (χ4v) is 2.35. The van der Waals surface area contributed by atoms with E-state index in [1.165, 1.54) is 0 Å². The van der Waals surface area contributed by atoms with Crippen molar-refractivity contribution in [1.82, 2.24) is 4.31 Å². The van der Waals surface area contributed by atoms with Gasteiger partial charge in [0.25, 0.3) is 0 Å². The molecule has 0 unspecified atom stereocenters. The maximum Gasteiger partial charge on any atom is 0.321 e. The van der Waals surface area contributed by atoms with Crippen molar-refractivity contribution in [3.05, 3.63) is 0 Å². The predicted molar refractivity (Wildman–Crippen MR) is 58.3 cm³/mol. The minimum Gasteiger partial charge on any atom is -0.468 e. The summed E-state index contributed by atoms with van der Waals surface area (Å²) in [6.45, 7) is -1.06. The zero-order valence-electron chi connectivity index (χ0n) is 8.80. The Labute approximate surface area is 102 Å². The van der Waals surface area contributed by atoms with Gasteiger partial charge in [0.1, 0.15) is 17.8 Å². The first-order chi connectivity index (χ1) is 7.37. The molecular formula is C7H12BrNO6S. The van der Waals surface area contributed by atoms with Crippen LogP contribution in [0.2, 0.25) is 0 Å². The number of esters is 2. The molecule has 0 saturated carbocycles. The average molecular weight is 318 g/mol. The molecule has 0 aromatic heterocycles. The van der Waals surface area contributed by atoms with Gasteiger partial charge in [-0.2, -0.15) is 4.31 Å². The van der Waals surface area contributed by atoms with Gasteiger partial charge in [0, 0.05) is 0 Å². The zero-order chi connectivity index (χ0) is 12.8. The van der Waals surface area contributed by atoms with Gasteiger partial charge in [-0.25, -0.2) is 8.42 Å². The molecule has 16 heavy (non-hydrogen) atoms. The fraction of sp³-hybridized carbons (Fsp3) is 0.714. The van der Waals surface area contributed by atoms with Crippen LogP contribution in [-0.4, -0.2) is 56.6 Å². The molecule has 0 rings (SSSR count). The molecule has 0 atom stereocenters. The minimum atomic E-state index is -3.72. The van der Waals surface area contributed by atoms with E-state index in [9.17, 15) is 18.0 Å². The van der Waals surface area contributed by atoms with Gasteiger partial charge in [-0.05, 0) is 0 Å². The van der Waals surface area contributed by atoms with Gasteiger partial charge in [0.15, 0.2) is 0 Å². The topological polar surface area (TPSA) is 90.0 Å². The molecule has 7 nitrogen and oxygen atoms in total. The number of sulfonamides is 1. The Morgan fingerprint density at radius 3 is 1.75 bits per heavy atom. The lowest BCUT2D eigenvalue weighted by molar-refractivity contribution is -0.143. The molecule has 0 aliphatic rings. The molecule has 0 aromatic rings. The van der Waals surface area contributed by atoms with Crippen LogP contribution >= 0.6 is 15.9 Å². The highest BCUT2D eigenvalue weighted by atomic mass is 79.9. The number of alkyl halides is 1. The van der Waals surface area contributed by atoms with Gasteiger partial charge < -0.3 is 9.47 Å². The molecule has 94 valence electrons. The number of carbonyl (C=O) groups is 2. The number of hydrogen-bond donors (Lipinski definition) is 0. The number of rotatable bonds is 6. The molecule has 0 aliphatic carbocycles. The molecule has 0 radical (unpaired) electrons. The van der Waals surface area contributed by atoms with Gasteiger partial charge in [-0.15, -0.1) is 0 Å². The Balaban J connectivity index is 4.77. The van der Waals surface area contributed by atoms with Crippen LogP contribution in [0.3, 0.4) is 0 Å². The number of methoxy groups -OCH3 is 2. The summed E-state index contributed by atoms with van der Waals surface area (Å²) in [6, 6.07) is 0. The van der Waals surface area contributed by atoms with E-state index in [0.29, 0.717) is 4.31 Å². The third-order valence-corrected chi connectivity index (χ3v) is 4.65. The molecule has 0 N–H and O–H groups in total. The third kappa shape index (κ3) is 4.90. The first-order valence-electron chi connectivity index (χ1n) is 4.04. The number of hydrogen-bond acceptors (Lipinski definition) is 6. The quantitative estimate of drug-likeness (QED) is 0.476. The Morgan fingerprint density at radius 1 is 1.12 bits per heavy atom. The van der Waals surface area contributed by atoms with Crippen molar-refractivity contribution in [1.29, 1.82) is 0 Å². The second kappa shape index (κ2) is 6.81. The monoisotopic (exact) mass is 317 g/mol. The molecule has 0 bridgehead atoms. The average Bonchev–Trinajstić information content (AvgIpc) is 2.27. The lowest BCUT2D eigenvalue weighted by Crippen LogP contribution is -2.40. The van der Waals surface area contributed by atoms with E-state index in [1.807, 2.05) is 0 Å². The molecule has 0 aromatic carbocycles. The predicted octanol–water partition coefficient (Wildman–Crippen LogP) is -0.683. The molecule has 0 fully saturated rings. The summed E-state index contributed by atoms with van der Waals surface area (Å²) in [6.07, 6.45) is 0. The van der Waals surface area contributed by atoms with Crippen molar-refractivity contribution in [2.24, 2.45) is 0 Å². The molecule has 0 heterocycles. The van der Waals surface area contributed by atoms with E-state index in [1.54, 1.807) is 0 Å². The van der Waals surface area contributed by atoms with E-state index in [4.69, 9.17) is 0 Å². The van der Waals surface area contributed by atoms with E-state index >= 15 is 0 Å². The van der Waals surface area contributed by atoms with Crippen LogP contribution in [-0.2, 0) is 29.1 Å². The summed E-state index contributed by atoms with van der Waals surface area (Å²) in [5.41, 5.74) is 0. The summed E-state index contributed by atoms with van der Waals surface area (Å²) < 4.78 is 31.9. The Morgan fingerprint density at radius 2 is 1.50 bits per heavy atom. The highest BCUT2D eigenvalue weighted by molar-refractivity contribution is 9.10. The van der Waals surface area contributed by atoms with Crippen LogP contribution in [0.1, 0.15) is 0 Å². The Kier molecular flexibility index (Phi) is 6.53. The van der Waals surface area contributed by atoms with Crippen LogP contribution in [0.5, 0.6) is 0 Å². The maximum atomic E-state index is 11.5. The third-order valence-electron chi connectivity index (χ3n) is 1.60. The second-order valence-electron chi connectivity index (χ2n) is 2.64. The largest absolute Gasteiger partial charge is 0.468 e. The van der Waals surface area contributed by atoms with Crippen LogP contribution in [0.25, 0.3) is 0 Å². The molecule has 0 aliphatic heterocycles. The van der Waals surface area contributed by atoms with Crippen molar-refractivity contribution in [2.45, 2.75) is 0 Å². The first-order valence-corrected chi connectivity index (χ1v) is 6.78. The summed E-state index contributed by atoms with van der Waals surface area (Å²) in [5, 5.41) is 0. The van der Waals surface area contributed by atoms with Gasteiger partial charge in [0.2, 0.25) is 10.0 Å². The van der Waals surface area contributed by atoms with Gasteiger partial charge >= 0.3 is 11.9 Å². The summed E-state index contributed by atoms with van der Waals surface area (Å²) in [7, 11) is -1.47. The summed E-state index contributed by atoms with van der Waals surface area (Å²) in [4.78, 5) is 21.9. The zero-order valence-corrected chi connectivity index (χ0v) is 11.2. The van der Waals surface area contributed by atoms with Crippen molar-refractivity contribution in [2.75, 3.05) is 32.0 Å². The van der Waals surface area contributed by atoms with Crippen molar-refractivity contribution < 1.29 is 27.5 Å². The van der Waals surface area contributed by atoms with Gasteiger partial charge in [-0.1, -0.05) is 15.9 Å². The molecular weight excluding hydrogens is 306 g/mol. The van der Waals surface area contributed by atoms with E-state index in [-0.39, 0.29) is 0 Å². The highest BCUT2D eigenvalue weighted by Gasteiger charge is 2.26. The van der Waals surface area contributed by atoms with Crippen LogP contribution < -0.4 is 0 Å². The van der Waals surface area contributed by atoms with E-state index < -0.39 is 39.7 Å². The van der Waals surface area contributed by atoms with E-state index in [2.05, 4.69) is 25.4 Å².